The van der Waals surface area contributed by atoms with Crippen molar-refractivity contribution in [2.45, 2.75) is 17.4 Å². The van der Waals surface area contributed by atoms with E-state index in [1.807, 2.05) is 0 Å². The summed E-state index contributed by atoms with van der Waals surface area (Å²) in [5.41, 5.74) is 6.73. The summed E-state index contributed by atoms with van der Waals surface area (Å²) >= 11 is 11.9. The van der Waals surface area contributed by atoms with E-state index in [0.29, 0.717) is 16.5 Å². The summed E-state index contributed by atoms with van der Waals surface area (Å²) in [5.74, 6) is 0. The van der Waals surface area contributed by atoms with Crippen molar-refractivity contribution in [1.29, 1.82) is 0 Å². The summed E-state index contributed by atoms with van der Waals surface area (Å²) < 4.78 is 22.6. The van der Waals surface area contributed by atoms with E-state index < -0.39 is 22.1 Å². The quantitative estimate of drug-likeness (QED) is 0.731. The number of rotatable bonds is 5. The first-order valence-electron chi connectivity index (χ1n) is 6.79. The number of carbonyl (C=O) groups is 1. The van der Waals surface area contributed by atoms with E-state index >= 15 is 0 Å². The Kier molecular flexibility index (Phi) is 5.71. The minimum absolute atomic E-state index is 0.0141. The van der Waals surface area contributed by atoms with E-state index in [0.717, 1.165) is 11.1 Å². The van der Waals surface area contributed by atoms with Crippen molar-refractivity contribution < 1.29 is 13.2 Å². The summed E-state index contributed by atoms with van der Waals surface area (Å²) in [6.45, 7) is 0. The van der Waals surface area contributed by atoms with Crippen LogP contribution in [0.25, 0.3) is 0 Å². The SMILES string of the molecule is NC(=O)NC(Cc1ccc(S(N)(=O)=O)cc1)c1ccc(Cl)c(Cl)c1. The molecule has 1 unspecified atom stereocenters. The largest absolute Gasteiger partial charge is 0.352 e. The van der Waals surface area contributed by atoms with Crippen LogP contribution < -0.4 is 16.2 Å². The predicted molar refractivity (Wildman–Crippen MR) is 93.4 cm³/mol. The fourth-order valence-corrected chi connectivity index (χ4v) is 3.03. The molecule has 9 heteroatoms. The monoisotopic (exact) mass is 387 g/mol. The molecule has 2 aromatic carbocycles. The third-order valence-corrected chi connectivity index (χ3v) is 5.02. The fraction of sp³-hybridized carbons (Fsp3) is 0.133. The zero-order valence-electron chi connectivity index (χ0n) is 12.4. The van der Waals surface area contributed by atoms with Crippen molar-refractivity contribution >= 4 is 39.3 Å². The van der Waals surface area contributed by atoms with E-state index in [4.69, 9.17) is 34.1 Å². The number of primary amides is 1. The highest BCUT2D eigenvalue weighted by Crippen LogP contribution is 2.27. The van der Waals surface area contributed by atoms with Crippen LogP contribution in [0.4, 0.5) is 4.79 Å². The molecule has 0 aliphatic carbocycles. The fourth-order valence-electron chi connectivity index (χ4n) is 2.20. The van der Waals surface area contributed by atoms with E-state index in [9.17, 15) is 13.2 Å². The van der Waals surface area contributed by atoms with Gasteiger partial charge in [-0.25, -0.2) is 18.4 Å². The molecule has 2 rings (SSSR count). The number of urea groups is 1. The molecule has 0 heterocycles. The first-order chi connectivity index (χ1) is 11.2. The topological polar surface area (TPSA) is 115 Å². The van der Waals surface area contributed by atoms with Gasteiger partial charge in [-0.15, -0.1) is 0 Å². The Morgan fingerprint density at radius 3 is 2.21 bits per heavy atom. The van der Waals surface area contributed by atoms with Gasteiger partial charge in [0.1, 0.15) is 0 Å². The minimum atomic E-state index is -3.75. The third kappa shape index (κ3) is 4.85. The Bertz CT molecular complexity index is 855. The highest BCUT2D eigenvalue weighted by atomic mass is 35.5. The number of amides is 2. The van der Waals surface area contributed by atoms with E-state index in [1.165, 1.54) is 12.1 Å². The van der Waals surface area contributed by atoms with Gasteiger partial charge in [-0.1, -0.05) is 41.4 Å². The molecule has 0 spiro atoms. The van der Waals surface area contributed by atoms with Gasteiger partial charge in [-0.05, 0) is 41.8 Å². The number of carbonyl (C=O) groups excluding carboxylic acids is 1. The van der Waals surface area contributed by atoms with Crippen LogP contribution in [-0.2, 0) is 16.4 Å². The van der Waals surface area contributed by atoms with Gasteiger partial charge in [0, 0.05) is 0 Å². The Hall–Kier alpha value is -1.80. The van der Waals surface area contributed by atoms with Gasteiger partial charge in [0.25, 0.3) is 0 Å². The second kappa shape index (κ2) is 7.40. The van der Waals surface area contributed by atoms with E-state index in [2.05, 4.69) is 5.32 Å². The van der Waals surface area contributed by atoms with Gasteiger partial charge in [0.15, 0.2) is 0 Å². The molecule has 128 valence electrons. The lowest BCUT2D eigenvalue weighted by atomic mass is 9.99. The molecular weight excluding hydrogens is 373 g/mol. The lowest BCUT2D eigenvalue weighted by Gasteiger charge is -2.19. The molecule has 24 heavy (non-hydrogen) atoms. The number of sulfonamides is 1. The van der Waals surface area contributed by atoms with Gasteiger partial charge in [-0.3, -0.25) is 0 Å². The van der Waals surface area contributed by atoms with Crippen molar-refractivity contribution in [3.8, 4) is 0 Å². The van der Waals surface area contributed by atoms with Crippen molar-refractivity contribution in [1.82, 2.24) is 5.32 Å². The molecule has 0 radical (unpaired) electrons. The zero-order valence-corrected chi connectivity index (χ0v) is 14.7. The molecule has 0 saturated carbocycles. The lowest BCUT2D eigenvalue weighted by molar-refractivity contribution is 0.245. The molecule has 0 aromatic heterocycles. The molecule has 1 atom stereocenters. The van der Waals surface area contributed by atoms with Crippen LogP contribution in [0.15, 0.2) is 47.4 Å². The second-order valence-corrected chi connectivity index (χ2v) is 7.50. The van der Waals surface area contributed by atoms with Gasteiger partial charge < -0.3 is 11.1 Å². The van der Waals surface area contributed by atoms with Crippen LogP contribution in [0.1, 0.15) is 17.2 Å². The Morgan fingerprint density at radius 2 is 1.71 bits per heavy atom. The lowest BCUT2D eigenvalue weighted by Crippen LogP contribution is -2.34. The number of hydrogen-bond donors (Lipinski definition) is 3. The Balaban J connectivity index is 2.28. The number of benzene rings is 2. The van der Waals surface area contributed by atoms with Crippen molar-refractivity contribution in [3.05, 3.63) is 63.6 Å². The van der Waals surface area contributed by atoms with Gasteiger partial charge in [0.05, 0.1) is 21.0 Å². The summed E-state index contributed by atoms with van der Waals surface area (Å²) in [5, 5.41) is 8.45. The number of primary sulfonamides is 1. The van der Waals surface area contributed by atoms with E-state index in [-0.39, 0.29) is 4.90 Å². The first-order valence-corrected chi connectivity index (χ1v) is 9.09. The number of hydrogen-bond acceptors (Lipinski definition) is 3. The molecule has 0 fully saturated rings. The van der Waals surface area contributed by atoms with Gasteiger partial charge in [-0.2, -0.15) is 0 Å². The number of halogens is 2. The highest BCUT2D eigenvalue weighted by Gasteiger charge is 2.16. The summed E-state index contributed by atoms with van der Waals surface area (Å²) in [7, 11) is -3.75. The zero-order chi connectivity index (χ0) is 17.9. The molecule has 0 saturated heterocycles. The number of nitrogens with one attached hydrogen (secondary N) is 1. The predicted octanol–water partition coefficient (Wildman–Crippen LogP) is 2.59. The van der Waals surface area contributed by atoms with Gasteiger partial charge >= 0.3 is 6.03 Å². The molecule has 2 aromatic rings. The van der Waals surface area contributed by atoms with E-state index in [1.54, 1.807) is 30.3 Å². The molecule has 0 aliphatic heterocycles. The minimum Gasteiger partial charge on any atom is -0.352 e. The maximum Gasteiger partial charge on any atom is 0.312 e. The maximum absolute atomic E-state index is 11.3. The van der Waals surface area contributed by atoms with Crippen LogP contribution >= 0.6 is 23.2 Å². The summed E-state index contributed by atoms with van der Waals surface area (Å²) in [4.78, 5) is 11.3. The van der Waals surface area contributed by atoms with Crippen LogP contribution in [0, 0.1) is 0 Å². The van der Waals surface area contributed by atoms with Gasteiger partial charge in [0.2, 0.25) is 10.0 Å². The molecule has 6 nitrogen and oxygen atoms in total. The average Bonchev–Trinajstić information content (AvgIpc) is 2.48. The summed E-state index contributed by atoms with van der Waals surface area (Å²) in [6.07, 6.45) is 0.381. The Morgan fingerprint density at radius 1 is 1.08 bits per heavy atom. The Labute approximate surface area is 149 Å². The van der Waals surface area contributed by atoms with Crippen LogP contribution in [-0.4, -0.2) is 14.4 Å². The van der Waals surface area contributed by atoms with Crippen molar-refractivity contribution in [2.75, 3.05) is 0 Å². The van der Waals surface area contributed by atoms with Crippen LogP contribution in [0.2, 0.25) is 10.0 Å². The highest BCUT2D eigenvalue weighted by molar-refractivity contribution is 7.89. The van der Waals surface area contributed by atoms with Crippen LogP contribution in [0.3, 0.4) is 0 Å². The molecule has 0 aliphatic rings. The normalized spacial score (nSPS) is 12.6. The molecule has 5 N–H and O–H groups in total. The number of nitrogens with two attached hydrogens (primary N) is 2. The standard InChI is InChI=1S/C15H15Cl2N3O3S/c16-12-6-3-10(8-13(12)17)14(20-15(18)21)7-9-1-4-11(5-2-9)24(19,22)23/h1-6,8,14H,7H2,(H3,18,20,21)(H2,19,22,23). The maximum atomic E-state index is 11.3. The van der Waals surface area contributed by atoms with Crippen LogP contribution in [0.5, 0.6) is 0 Å². The van der Waals surface area contributed by atoms with Crippen molar-refractivity contribution in [3.63, 3.8) is 0 Å². The molecule has 2 amide bonds. The summed E-state index contributed by atoms with van der Waals surface area (Å²) in [6, 6.07) is 9.90. The molecule has 0 bridgehead atoms. The third-order valence-electron chi connectivity index (χ3n) is 3.35. The average molecular weight is 388 g/mol. The molecular formula is C15H15Cl2N3O3S. The first kappa shape index (κ1) is 18.5. The second-order valence-electron chi connectivity index (χ2n) is 5.13. The smallest absolute Gasteiger partial charge is 0.312 e. The van der Waals surface area contributed by atoms with Crippen molar-refractivity contribution in [2.24, 2.45) is 10.9 Å².